The molecule has 5 nitrogen and oxygen atoms in total. The van der Waals surface area contributed by atoms with E-state index >= 15 is 0 Å². The molecule has 138 valence electrons. The second-order valence-corrected chi connectivity index (χ2v) is 7.36. The third-order valence-corrected chi connectivity index (χ3v) is 5.62. The number of carbonyl (C=O) groups excluding carboxylic acids is 2. The summed E-state index contributed by atoms with van der Waals surface area (Å²) < 4.78 is 0. The molecule has 27 heavy (non-hydrogen) atoms. The number of thioether (sulfide) groups is 1. The molecule has 1 aliphatic heterocycles. The lowest BCUT2D eigenvalue weighted by molar-refractivity contribution is -0.116. The van der Waals surface area contributed by atoms with Gasteiger partial charge in [-0.3, -0.25) is 9.59 Å². The number of para-hydroxylation sites is 1. The lowest BCUT2D eigenvalue weighted by Crippen LogP contribution is -2.30. The van der Waals surface area contributed by atoms with Crippen LogP contribution in [0.3, 0.4) is 0 Å². The number of rotatable bonds is 6. The van der Waals surface area contributed by atoms with Gasteiger partial charge in [-0.15, -0.1) is 11.8 Å². The van der Waals surface area contributed by atoms with Gasteiger partial charge in [-0.25, -0.2) is 0 Å². The highest BCUT2D eigenvalue weighted by molar-refractivity contribution is 8.00. The number of nitriles is 1. The average Bonchev–Trinajstić information content (AvgIpc) is 3.14. The fourth-order valence-corrected chi connectivity index (χ4v) is 4.03. The maximum atomic E-state index is 12.7. The van der Waals surface area contributed by atoms with E-state index in [1.807, 2.05) is 47.4 Å². The first-order valence-corrected chi connectivity index (χ1v) is 9.83. The number of fused-ring (bicyclic) bond motifs is 1. The standard InChI is InChI=1S/C21H21N3O2S/c1-23(13-6-12-22)21(26)17-8-3-5-10-19(17)27-15-20(25)24-14-11-16-7-2-4-9-18(16)24/h2-5,7-10H,6,11,13-15H2,1H3. The van der Waals surface area contributed by atoms with Gasteiger partial charge in [-0.2, -0.15) is 5.26 Å². The summed E-state index contributed by atoms with van der Waals surface area (Å²) in [5, 5.41) is 8.71. The van der Waals surface area contributed by atoms with E-state index in [4.69, 9.17) is 5.26 Å². The summed E-state index contributed by atoms with van der Waals surface area (Å²) in [6.45, 7) is 1.09. The summed E-state index contributed by atoms with van der Waals surface area (Å²) in [5.41, 5.74) is 2.76. The number of anilines is 1. The van der Waals surface area contributed by atoms with E-state index in [1.165, 1.54) is 17.3 Å². The van der Waals surface area contributed by atoms with Crippen LogP contribution in [-0.4, -0.2) is 42.6 Å². The van der Waals surface area contributed by atoms with Gasteiger partial charge in [0, 0.05) is 30.7 Å². The van der Waals surface area contributed by atoms with E-state index in [0.29, 0.717) is 25.1 Å². The molecule has 0 spiro atoms. The molecule has 1 aliphatic rings. The molecule has 2 aromatic carbocycles. The van der Waals surface area contributed by atoms with Crippen molar-refractivity contribution < 1.29 is 9.59 Å². The number of amides is 2. The average molecular weight is 379 g/mol. The van der Waals surface area contributed by atoms with Gasteiger partial charge < -0.3 is 9.80 Å². The van der Waals surface area contributed by atoms with E-state index in [2.05, 4.69) is 6.07 Å². The Morgan fingerprint density at radius 1 is 1.19 bits per heavy atom. The van der Waals surface area contributed by atoms with Gasteiger partial charge in [0.25, 0.3) is 5.91 Å². The molecular weight excluding hydrogens is 358 g/mol. The maximum absolute atomic E-state index is 12.7. The van der Waals surface area contributed by atoms with Gasteiger partial charge in [-0.05, 0) is 30.2 Å². The summed E-state index contributed by atoms with van der Waals surface area (Å²) >= 11 is 1.38. The Morgan fingerprint density at radius 3 is 2.74 bits per heavy atom. The van der Waals surface area contributed by atoms with E-state index < -0.39 is 0 Å². The van der Waals surface area contributed by atoms with Crippen molar-refractivity contribution in [1.82, 2.24) is 4.90 Å². The van der Waals surface area contributed by atoms with Crippen LogP contribution in [0.5, 0.6) is 0 Å². The van der Waals surface area contributed by atoms with E-state index in [-0.39, 0.29) is 17.6 Å². The van der Waals surface area contributed by atoms with Crippen LogP contribution in [0.2, 0.25) is 0 Å². The van der Waals surface area contributed by atoms with Crippen LogP contribution < -0.4 is 4.90 Å². The fourth-order valence-electron chi connectivity index (χ4n) is 3.11. The maximum Gasteiger partial charge on any atom is 0.254 e. The Balaban J connectivity index is 1.68. The van der Waals surface area contributed by atoms with Crippen LogP contribution in [0.15, 0.2) is 53.4 Å². The Kier molecular flexibility index (Phi) is 6.15. The zero-order valence-corrected chi connectivity index (χ0v) is 16.0. The highest BCUT2D eigenvalue weighted by atomic mass is 32.2. The van der Waals surface area contributed by atoms with Crippen molar-refractivity contribution in [2.24, 2.45) is 0 Å². The molecule has 0 N–H and O–H groups in total. The Morgan fingerprint density at radius 2 is 1.93 bits per heavy atom. The van der Waals surface area contributed by atoms with E-state index in [0.717, 1.165) is 17.0 Å². The first kappa shape index (κ1) is 19.0. The molecule has 0 aromatic heterocycles. The summed E-state index contributed by atoms with van der Waals surface area (Å²) in [5.74, 6) is 0.193. The molecular formula is C21H21N3O2S. The van der Waals surface area contributed by atoms with Gasteiger partial charge in [0.1, 0.15) is 0 Å². The SMILES string of the molecule is CN(CCC#N)C(=O)c1ccccc1SCC(=O)N1CCc2ccccc21. The normalized spacial score (nSPS) is 12.4. The zero-order chi connectivity index (χ0) is 19.2. The first-order chi connectivity index (χ1) is 13.1. The minimum atomic E-state index is -0.132. The second-order valence-electron chi connectivity index (χ2n) is 6.34. The zero-order valence-electron chi connectivity index (χ0n) is 15.2. The molecule has 0 bridgehead atoms. The summed E-state index contributed by atoms with van der Waals surface area (Å²) in [6.07, 6.45) is 1.18. The first-order valence-electron chi connectivity index (χ1n) is 8.84. The molecule has 0 saturated carbocycles. The number of nitrogens with zero attached hydrogens (tertiary/aromatic N) is 3. The predicted molar refractivity (Wildman–Crippen MR) is 107 cm³/mol. The van der Waals surface area contributed by atoms with Crippen molar-refractivity contribution >= 4 is 29.3 Å². The van der Waals surface area contributed by atoms with Gasteiger partial charge in [0.15, 0.2) is 0 Å². The van der Waals surface area contributed by atoms with Crippen molar-refractivity contribution in [3.05, 3.63) is 59.7 Å². The molecule has 0 radical (unpaired) electrons. The van der Waals surface area contributed by atoms with Crippen molar-refractivity contribution in [2.45, 2.75) is 17.7 Å². The quantitative estimate of drug-likeness (QED) is 0.722. The monoisotopic (exact) mass is 379 g/mol. The van der Waals surface area contributed by atoms with Gasteiger partial charge in [0.2, 0.25) is 5.91 Å². The van der Waals surface area contributed by atoms with Crippen molar-refractivity contribution in [2.75, 3.05) is 30.8 Å². The number of hydrogen-bond donors (Lipinski definition) is 0. The van der Waals surface area contributed by atoms with Crippen molar-refractivity contribution in [1.29, 1.82) is 5.26 Å². The third kappa shape index (κ3) is 4.32. The van der Waals surface area contributed by atoms with Crippen molar-refractivity contribution in [3.8, 4) is 6.07 Å². The molecule has 2 aromatic rings. The topological polar surface area (TPSA) is 64.4 Å². The van der Waals surface area contributed by atoms with Crippen molar-refractivity contribution in [3.63, 3.8) is 0 Å². The van der Waals surface area contributed by atoms with Crippen LogP contribution in [0.4, 0.5) is 5.69 Å². The molecule has 0 fully saturated rings. The Hall–Kier alpha value is -2.78. The molecule has 0 unspecified atom stereocenters. The fraction of sp³-hybridized carbons (Fsp3) is 0.286. The molecule has 0 aliphatic carbocycles. The largest absolute Gasteiger partial charge is 0.341 e. The Labute approximate surface area is 163 Å². The molecule has 0 atom stereocenters. The highest BCUT2D eigenvalue weighted by Crippen LogP contribution is 2.30. The number of carbonyl (C=O) groups is 2. The van der Waals surface area contributed by atoms with Crippen LogP contribution in [0.25, 0.3) is 0 Å². The third-order valence-electron chi connectivity index (χ3n) is 4.56. The van der Waals surface area contributed by atoms with Gasteiger partial charge in [0.05, 0.1) is 23.8 Å². The van der Waals surface area contributed by atoms with Crippen LogP contribution in [0.1, 0.15) is 22.3 Å². The molecule has 2 amide bonds. The lowest BCUT2D eigenvalue weighted by Gasteiger charge is -2.19. The summed E-state index contributed by atoms with van der Waals surface area (Å²) in [4.78, 5) is 29.5. The number of benzene rings is 2. The second kappa shape index (κ2) is 8.74. The lowest BCUT2D eigenvalue weighted by atomic mass is 10.2. The Bertz CT molecular complexity index is 891. The smallest absolute Gasteiger partial charge is 0.254 e. The summed E-state index contributed by atoms with van der Waals surface area (Å²) in [6, 6.07) is 17.3. The van der Waals surface area contributed by atoms with Crippen LogP contribution in [-0.2, 0) is 11.2 Å². The van der Waals surface area contributed by atoms with E-state index in [9.17, 15) is 9.59 Å². The van der Waals surface area contributed by atoms with Crippen LogP contribution >= 0.6 is 11.8 Å². The van der Waals surface area contributed by atoms with Gasteiger partial charge >= 0.3 is 0 Å². The summed E-state index contributed by atoms with van der Waals surface area (Å²) in [7, 11) is 1.69. The predicted octanol–water partition coefficient (Wildman–Crippen LogP) is 3.35. The molecule has 6 heteroatoms. The minimum absolute atomic E-state index is 0.0463. The highest BCUT2D eigenvalue weighted by Gasteiger charge is 2.24. The molecule has 0 saturated heterocycles. The molecule has 3 rings (SSSR count). The minimum Gasteiger partial charge on any atom is -0.341 e. The molecule has 1 heterocycles. The number of hydrogen-bond acceptors (Lipinski definition) is 4. The van der Waals surface area contributed by atoms with E-state index in [1.54, 1.807) is 18.0 Å². The van der Waals surface area contributed by atoms with Crippen LogP contribution in [0, 0.1) is 11.3 Å². The van der Waals surface area contributed by atoms with Gasteiger partial charge in [-0.1, -0.05) is 30.3 Å².